The highest BCUT2D eigenvalue weighted by molar-refractivity contribution is 5.39. The zero-order chi connectivity index (χ0) is 23.6. The Balaban J connectivity index is 1.21. The fourth-order valence-electron chi connectivity index (χ4n) is 5.99. The SMILES string of the molecule is CCCC1CCC(c2ccc(C#CC=CC3CCC(c4ccc(OCC)cc4)CC3)cc2)CC1. The summed E-state index contributed by atoms with van der Waals surface area (Å²) in [5, 5.41) is 0. The van der Waals surface area contributed by atoms with E-state index in [1.807, 2.05) is 6.92 Å². The van der Waals surface area contributed by atoms with Crippen molar-refractivity contribution in [3.8, 4) is 17.6 Å². The highest BCUT2D eigenvalue weighted by atomic mass is 16.5. The molecule has 0 heterocycles. The Bertz CT molecular complexity index is 940. The predicted octanol–water partition coefficient (Wildman–Crippen LogP) is 9.04. The molecule has 2 aromatic rings. The van der Waals surface area contributed by atoms with Gasteiger partial charge in [0.05, 0.1) is 6.61 Å². The average molecular weight is 455 g/mol. The molecule has 2 fully saturated rings. The summed E-state index contributed by atoms with van der Waals surface area (Å²) >= 11 is 0. The molecule has 1 nitrogen and oxygen atoms in total. The Morgan fingerprint density at radius 2 is 1.35 bits per heavy atom. The van der Waals surface area contributed by atoms with E-state index in [1.54, 1.807) is 0 Å². The molecule has 0 N–H and O–H groups in total. The lowest BCUT2D eigenvalue weighted by Gasteiger charge is -2.28. The number of rotatable bonds is 7. The van der Waals surface area contributed by atoms with E-state index >= 15 is 0 Å². The van der Waals surface area contributed by atoms with E-state index in [1.165, 1.54) is 75.3 Å². The first kappa shape index (κ1) is 24.7. The quantitative estimate of drug-likeness (QED) is 0.379. The fraction of sp³-hybridized carbons (Fsp3) is 0.515. The molecule has 0 spiro atoms. The Kier molecular flexibility index (Phi) is 9.32. The minimum atomic E-state index is 0.665. The molecule has 0 unspecified atom stereocenters. The van der Waals surface area contributed by atoms with Gasteiger partial charge in [0, 0.05) is 5.56 Å². The summed E-state index contributed by atoms with van der Waals surface area (Å²) in [6.45, 7) is 5.07. The van der Waals surface area contributed by atoms with Crippen LogP contribution in [0.5, 0.6) is 5.75 Å². The third-order valence-corrected chi connectivity index (χ3v) is 8.03. The molecule has 0 bridgehead atoms. The molecule has 1 heteroatoms. The van der Waals surface area contributed by atoms with E-state index in [0.717, 1.165) is 29.8 Å². The van der Waals surface area contributed by atoms with Crippen molar-refractivity contribution in [2.24, 2.45) is 11.8 Å². The van der Waals surface area contributed by atoms with Gasteiger partial charge in [-0.25, -0.2) is 0 Å². The molecule has 4 rings (SSSR count). The summed E-state index contributed by atoms with van der Waals surface area (Å²) in [5.41, 5.74) is 4.11. The highest BCUT2D eigenvalue weighted by Gasteiger charge is 2.22. The third kappa shape index (κ3) is 7.02. The van der Waals surface area contributed by atoms with E-state index in [-0.39, 0.29) is 0 Å². The average Bonchev–Trinajstić information content (AvgIpc) is 2.89. The molecule has 0 atom stereocenters. The number of benzene rings is 2. The third-order valence-electron chi connectivity index (χ3n) is 8.03. The van der Waals surface area contributed by atoms with E-state index in [4.69, 9.17) is 4.74 Å². The van der Waals surface area contributed by atoms with Gasteiger partial charge in [0.15, 0.2) is 0 Å². The molecule has 0 aliphatic heterocycles. The van der Waals surface area contributed by atoms with Crippen molar-refractivity contribution in [2.45, 2.75) is 89.9 Å². The monoisotopic (exact) mass is 454 g/mol. The lowest BCUT2D eigenvalue weighted by Crippen LogP contribution is -2.13. The van der Waals surface area contributed by atoms with Crippen LogP contribution >= 0.6 is 0 Å². The van der Waals surface area contributed by atoms with Crippen LogP contribution in [0.3, 0.4) is 0 Å². The molecular weight excluding hydrogens is 412 g/mol. The minimum Gasteiger partial charge on any atom is -0.494 e. The maximum absolute atomic E-state index is 5.57. The van der Waals surface area contributed by atoms with Crippen LogP contribution in [-0.4, -0.2) is 6.61 Å². The van der Waals surface area contributed by atoms with Gasteiger partial charge >= 0.3 is 0 Å². The standard InChI is InChI=1S/C33H42O/c1-3-7-26-10-16-29(17-11-26)30-18-12-27(13-19-30)8-5-6-9-28-14-20-31(21-15-28)32-22-24-33(25-23-32)34-4-2/h6,9,12-13,18-19,22-26,28-29,31H,3-4,7,10-11,14-17,20-21H2,1-2H3. The zero-order valence-electron chi connectivity index (χ0n) is 21.3. The van der Waals surface area contributed by atoms with E-state index in [2.05, 4.69) is 79.4 Å². The molecule has 0 saturated heterocycles. The molecule has 2 aliphatic rings. The summed E-state index contributed by atoms with van der Waals surface area (Å²) in [5.74, 6) is 10.7. The Hall–Kier alpha value is -2.46. The Morgan fingerprint density at radius 1 is 0.765 bits per heavy atom. The van der Waals surface area contributed by atoms with Crippen LogP contribution < -0.4 is 4.74 Å². The van der Waals surface area contributed by atoms with Crippen molar-refractivity contribution in [3.63, 3.8) is 0 Å². The molecular formula is C33H42O. The van der Waals surface area contributed by atoms with Crippen LogP contribution in [0.2, 0.25) is 0 Å². The highest BCUT2D eigenvalue weighted by Crippen LogP contribution is 2.38. The largest absolute Gasteiger partial charge is 0.494 e. The van der Waals surface area contributed by atoms with Gasteiger partial charge in [0.25, 0.3) is 0 Å². The van der Waals surface area contributed by atoms with Crippen LogP contribution in [0.4, 0.5) is 0 Å². The maximum atomic E-state index is 5.57. The van der Waals surface area contributed by atoms with Crippen LogP contribution in [0.25, 0.3) is 0 Å². The summed E-state index contributed by atoms with van der Waals surface area (Å²) in [4.78, 5) is 0. The van der Waals surface area contributed by atoms with Gasteiger partial charge in [-0.05, 0) is 123 Å². The molecule has 0 radical (unpaired) electrons. The summed E-state index contributed by atoms with van der Waals surface area (Å²) in [6.07, 6.45) is 17.8. The Morgan fingerprint density at radius 3 is 1.94 bits per heavy atom. The zero-order valence-corrected chi connectivity index (χ0v) is 21.3. The normalized spacial score (nSPS) is 25.0. The molecule has 34 heavy (non-hydrogen) atoms. The molecule has 2 saturated carbocycles. The fourth-order valence-corrected chi connectivity index (χ4v) is 5.99. The topological polar surface area (TPSA) is 9.23 Å². The molecule has 0 amide bonds. The smallest absolute Gasteiger partial charge is 0.119 e. The second-order valence-corrected chi connectivity index (χ2v) is 10.4. The van der Waals surface area contributed by atoms with Gasteiger partial charge in [-0.3, -0.25) is 0 Å². The molecule has 2 aliphatic carbocycles. The van der Waals surface area contributed by atoms with Crippen molar-refractivity contribution in [3.05, 3.63) is 77.4 Å². The van der Waals surface area contributed by atoms with Gasteiger partial charge in [0.2, 0.25) is 0 Å². The number of hydrogen-bond donors (Lipinski definition) is 0. The van der Waals surface area contributed by atoms with E-state index in [0.29, 0.717) is 11.8 Å². The number of ether oxygens (including phenoxy) is 1. The van der Waals surface area contributed by atoms with Gasteiger partial charge in [-0.2, -0.15) is 0 Å². The summed E-state index contributed by atoms with van der Waals surface area (Å²) < 4.78 is 5.57. The van der Waals surface area contributed by atoms with Gasteiger partial charge in [-0.1, -0.05) is 61.9 Å². The van der Waals surface area contributed by atoms with Crippen molar-refractivity contribution in [1.82, 2.24) is 0 Å². The second kappa shape index (κ2) is 12.9. The summed E-state index contributed by atoms with van der Waals surface area (Å²) in [7, 11) is 0. The number of allylic oxidation sites excluding steroid dienone is 2. The van der Waals surface area contributed by atoms with Crippen LogP contribution in [0.1, 0.15) is 107 Å². The van der Waals surface area contributed by atoms with Crippen LogP contribution in [0, 0.1) is 23.7 Å². The first-order valence-electron chi connectivity index (χ1n) is 13.8. The van der Waals surface area contributed by atoms with Crippen molar-refractivity contribution >= 4 is 0 Å². The second-order valence-electron chi connectivity index (χ2n) is 10.4. The molecule has 2 aromatic carbocycles. The van der Waals surface area contributed by atoms with Crippen LogP contribution in [0.15, 0.2) is 60.7 Å². The van der Waals surface area contributed by atoms with Crippen molar-refractivity contribution in [1.29, 1.82) is 0 Å². The Labute approximate surface area is 208 Å². The van der Waals surface area contributed by atoms with Gasteiger partial charge in [0.1, 0.15) is 5.75 Å². The minimum absolute atomic E-state index is 0.665. The van der Waals surface area contributed by atoms with Crippen LogP contribution in [-0.2, 0) is 0 Å². The van der Waals surface area contributed by atoms with Gasteiger partial charge < -0.3 is 4.74 Å². The predicted molar refractivity (Wildman–Crippen MR) is 144 cm³/mol. The lowest BCUT2D eigenvalue weighted by atomic mass is 9.77. The summed E-state index contributed by atoms with van der Waals surface area (Å²) in [6, 6.07) is 17.8. The maximum Gasteiger partial charge on any atom is 0.119 e. The molecule has 0 aromatic heterocycles. The van der Waals surface area contributed by atoms with Gasteiger partial charge in [-0.15, -0.1) is 0 Å². The first-order chi connectivity index (χ1) is 16.7. The van der Waals surface area contributed by atoms with Crippen molar-refractivity contribution < 1.29 is 4.74 Å². The van der Waals surface area contributed by atoms with Crippen molar-refractivity contribution in [2.75, 3.05) is 6.61 Å². The molecule has 180 valence electrons. The lowest BCUT2D eigenvalue weighted by molar-refractivity contribution is 0.308. The number of hydrogen-bond acceptors (Lipinski definition) is 1. The first-order valence-corrected chi connectivity index (χ1v) is 13.8. The van der Waals surface area contributed by atoms with E-state index < -0.39 is 0 Å². The van der Waals surface area contributed by atoms with E-state index in [9.17, 15) is 0 Å².